The van der Waals surface area contributed by atoms with Gasteiger partial charge in [0.25, 0.3) is 11.5 Å². The van der Waals surface area contributed by atoms with E-state index in [-0.39, 0.29) is 23.4 Å². The van der Waals surface area contributed by atoms with Gasteiger partial charge in [-0.25, -0.2) is 0 Å². The van der Waals surface area contributed by atoms with E-state index in [9.17, 15) is 14.4 Å². The molecule has 0 spiro atoms. The fraction of sp³-hybridized carbons (Fsp3) is 0.500. The van der Waals surface area contributed by atoms with Crippen LogP contribution in [0.2, 0.25) is 0 Å². The molecule has 1 fully saturated rings. The molecule has 0 bridgehead atoms. The molecule has 2 rings (SSSR count). The fourth-order valence-electron chi connectivity index (χ4n) is 2.31. The van der Waals surface area contributed by atoms with Crippen LogP contribution in [0.4, 0.5) is 0 Å². The summed E-state index contributed by atoms with van der Waals surface area (Å²) >= 11 is 0. The van der Waals surface area contributed by atoms with E-state index in [1.54, 1.807) is 24.2 Å². The third-order valence-electron chi connectivity index (χ3n) is 3.56. The second-order valence-electron chi connectivity index (χ2n) is 5.02. The van der Waals surface area contributed by atoms with Crippen molar-refractivity contribution in [2.24, 2.45) is 0 Å². The number of nitrogens with zero attached hydrogens (tertiary/aromatic N) is 2. The molecular formula is C14H19N3O3. The molecular weight excluding hydrogens is 258 g/mol. The van der Waals surface area contributed by atoms with Crippen LogP contribution in [0, 0.1) is 0 Å². The van der Waals surface area contributed by atoms with Gasteiger partial charge in [-0.3, -0.25) is 14.4 Å². The molecule has 6 heteroatoms. The number of amides is 2. The Morgan fingerprint density at radius 3 is 2.80 bits per heavy atom. The van der Waals surface area contributed by atoms with E-state index >= 15 is 0 Å². The van der Waals surface area contributed by atoms with Crippen LogP contribution < -0.4 is 10.9 Å². The van der Waals surface area contributed by atoms with Crippen LogP contribution in [0.25, 0.3) is 0 Å². The van der Waals surface area contributed by atoms with Gasteiger partial charge < -0.3 is 14.8 Å². The highest BCUT2D eigenvalue weighted by Crippen LogP contribution is 2.10. The standard InChI is InChI=1S/C14H19N3O3/c1-3-17-7-6-10(8-13(17)19)14(20)15-11-4-5-12(18)16(2)9-11/h6-8,11H,3-5,9H2,1-2H3,(H,15,20). The zero-order valence-corrected chi connectivity index (χ0v) is 11.8. The highest BCUT2D eigenvalue weighted by atomic mass is 16.2. The Kier molecular flexibility index (Phi) is 4.22. The molecule has 1 saturated heterocycles. The van der Waals surface area contributed by atoms with E-state index < -0.39 is 0 Å². The lowest BCUT2D eigenvalue weighted by Crippen LogP contribution is -2.48. The monoisotopic (exact) mass is 277 g/mol. The van der Waals surface area contributed by atoms with Gasteiger partial charge in [-0.05, 0) is 19.4 Å². The number of aryl methyl sites for hydroxylation is 1. The molecule has 2 amide bonds. The zero-order valence-electron chi connectivity index (χ0n) is 11.8. The third kappa shape index (κ3) is 3.07. The van der Waals surface area contributed by atoms with E-state index in [1.165, 1.54) is 10.6 Å². The summed E-state index contributed by atoms with van der Waals surface area (Å²) in [6.45, 7) is 2.96. The second-order valence-corrected chi connectivity index (χ2v) is 5.02. The van der Waals surface area contributed by atoms with Crippen molar-refractivity contribution in [1.82, 2.24) is 14.8 Å². The van der Waals surface area contributed by atoms with Gasteiger partial charge in [-0.2, -0.15) is 0 Å². The summed E-state index contributed by atoms with van der Waals surface area (Å²) in [5.74, 6) is -0.167. The van der Waals surface area contributed by atoms with Gasteiger partial charge in [0.2, 0.25) is 5.91 Å². The fourth-order valence-corrected chi connectivity index (χ4v) is 2.31. The Hall–Kier alpha value is -2.11. The summed E-state index contributed by atoms with van der Waals surface area (Å²) in [5, 5.41) is 2.87. The second kappa shape index (κ2) is 5.90. The maximum atomic E-state index is 12.1. The lowest BCUT2D eigenvalue weighted by atomic mass is 10.1. The van der Waals surface area contributed by atoms with Crippen LogP contribution in [0.5, 0.6) is 0 Å². The molecule has 6 nitrogen and oxygen atoms in total. The van der Waals surface area contributed by atoms with Crippen LogP contribution in [-0.2, 0) is 11.3 Å². The maximum Gasteiger partial charge on any atom is 0.251 e. The van der Waals surface area contributed by atoms with Crippen molar-refractivity contribution >= 4 is 11.8 Å². The van der Waals surface area contributed by atoms with Crippen molar-refractivity contribution in [2.75, 3.05) is 13.6 Å². The number of pyridine rings is 1. The first-order valence-corrected chi connectivity index (χ1v) is 6.76. The zero-order chi connectivity index (χ0) is 14.7. The summed E-state index contributed by atoms with van der Waals surface area (Å²) in [7, 11) is 1.73. The van der Waals surface area contributed by atoms with Gasteiger partial charge in [0.15, 0.2) is 0 Å². The van der Waals surface area contributed by atoms with Gasteiger partial charge >= 0.3 is 0 Å². The van der Waals surface area contributed by atoms with E-state index in [1.807, 2.05) is 6.92 Å². The number of rotatable bonds is 3. The molecule has 1 N–H and O–H groups in total. The van der Waals surface area contributed by atoms with Crippen LogP contribution >= 0.6 is 0 Å². The number of piperidine rings is 1. The van der Waals surface area contributed by atoms with E-state index in [4.69, 9.17) is 0 Å². The predicted molar refractivity (Wildman–Crippen MR) is 74.5 cm³/mol. The maximum absolute atomic E-state index is 12.1. The summed E-state index contributed by atoms with van der Waals surface area (Å²) < 4.78 is 1.53. The Labute approximate surface area is 117 Å². The van der Waals surface area contributed by atoms with Crippen LogP contribution in [-0.4, -0.2) is 40.9 Å². The topological polar surface area (TPSA) is 71.4 Å². The predicted octanol–water partition coefficient (Wildman–Crippen LogP) is 0.219. The van der Waals surface area contributed by atoms with Crippen LogP contribution in [0.3, 0.4) is 0 Å². The number of likely N-dealkylation sites (tertiary alicyclic amines) is 1. The van der Waals surface area contributed by atoms with Crippen molar-refractivity contribution in [3.8, 4) is 0 Å². The minimum atomic E-state index is -0.266. The Morgan fingerprint density at radius 2 is 2.20 bits per heavy atom. The summed E-state index contributed by atoms with van der Waals surface area (Å²) in [5.41, 5.74) is 0.176. The smallest absolute Gasteiger partial charge is 0.251 e. The molecule has 0 aliphatic carbocycles. The lowest BCUT2D eigenvalue weighted by Gasteiger charge is -2.30. The van der Waals surface area contributed by atoms with Crippen molar-refractivity contribution in [2.45, 2.75) is 32.4 Å². The number of likely N-dealkylation sites (N-methyl/N-ethyl adjacent to an activating group) is 1. The van der Waals surface area contributed by atoms with Crippen LogP contribution in [0.1, 0.15) is 30.1 Å². The molecule has 0 saturated carbocycles. The molecule has 108 valence electrons. The molecule has 0 aromatic carbocycles. The van der Waals surface area contributed by atoms with E-state index in [0.717, 1.165) is 0 Å². The lowest BCUT2D eigenvalue weighted by molar-refractivity contribution is -0.132. The first-order valence-electron chi connectivity index (χ1n) is 6.76. The quantitative estimate of drug-likeness (QED) is 0.859. The number of hydrogen-bond donors (Lipinski definition) is 1. The van der Waals surface area contributed by atoms with Gasteiger partial charge in [-0.1, -0.05) is 0 Å². The Morgan fingerprint density at radius 1 is 1.45 bits per heavy atom. The number of nitrogens with one attached hydrogen (secondary N) is 1. The number of carbonyl (C=O) groups excluding carboxylic acids is 2. The molecule has 1 aliphatic rings. The van der Waals surface area contributed by atoms with E-state index in [0.29, 0.717) is 31.5 Å². The summed E-state index contributed by atoms with van der Waals surface area (Å²) in [6.07, 6.45) is 2.70. The highest BCUT2D eigenvalue weighted by Gasteiger charge is 2.24. The molecule has 1 aromatic heterocycles. The Balaban J connectivity index is 2.03. The molecule has 20 heavy (non-hydrogen) atoms. The SMILES string of the molecule is CCn1ccc(C(=O)NC2CCC(=O)N(C)C2)cc1=O. The molecule has 1 atom stereocenters. The third-order valence-corrected chi connectivity index (χ3v) is 3.56. The molecule has 1 aromatic rings. The average molecular weight is 277 g/mol. The minimum Gasteiger partial charge on any atom is -0.348 e. The van der Waals surface area contributed by atoms with Gasteiger partial charge in [0.1, 0.15) is 0 Å². The molecule has 1 unspecified atom stereocenters. The number of carbonyl (C=O) groups is 2. The first kappa shape index (κ1) is 14.3. The minimum absolute atomic E-state index is 0.0567. The molecule has 0 radical (unpaired) electrons. The normalized spacial score (nSPS) is 19.0. The van der Waals surface area contributed by atoms with Crippen molar-refractivity contribution in [3.63, 3.8) is 0 Å². The number of hydrogen-bond acceptors (Lipinski definition) is 3. The largest absolute Gasteiger partial charge is 0.348 e. The van der Waals surface area contributed by atoms with Crippen LogP contribution in [0.15, 0.2) is 23.1 Å². The molecule has 1 aliphatic heterocycles. The summed E-state index contributed by atoms with van der Waals surface area (Å²) in [4.78, 5) is 36.8. The van der Waals surface area contributed by atoms with Gasteiger partial charge in [-0.15, -0.1) is 0 Å². The summed E-state index contributed by atoms with van der Waals surface area (Å²) in [6, 6.07) is 2.92. The Bertz CT molecular complexity index is 579. The van der Waals surface area contributed by atoms with Crippen molar-refractivity contribution < 1.29 is 9.59 Å². The van der Waals surface area contributed by atoms with Gasteiger partial charge in [0, 0.05) is 50.4 Å². The molecule has 2 heterocycles. The highest BCUT2D eigenvalue weighted by molar-refractivity contribution is 5.94. The number of aromatic nitrogens is 1. The average Bonchev–Trinajstić information content (AvgIpc) is 2.42. The van der Waals surface area contributed by atoms with Crippen molar-refractivity contribution in [3.05, 3.63) is 34.2 Å². The van der Waals surface area contributed by atoms with Crippen molar-refractivity contribution in [1.29, 1.82) is 0 Å². The van der Waals surface area contributed by atoms with Gasteiger partial charge in [0.05, 0.1) is 0 Å². The van der Waals surface area contributed by atoms with E-state index in [2.05, 4.69) is 5.32 Å². The first-order chi connectivity index (χ1) is 9.51.